The number of aromatic nitrogens is 2. The Morgan fingerprint density at radius 1 is 1.33 bits per heavy atom. The van der Waals surface area contributed by atoms with Crippen molar-refractivity contribution in [1.29, 1.82) is 0 Å². The van der Waals surface area contributed by atoms with Crippen LogP contribution in [-0.2, 0) is 0 Å². The number of nitrogens with zero attached hydrogens (tertiary/aromatic N) is 2. The smallest absolute Gasteiger partial charge is 0.298 e. The van der Waals surface area contributed by atoms with Crippen LogP contribution in [0.1, 0.15) is 25.6 Å². The van der Waals surface area contributed by atoms with Crippen LogP contribution in [0.4, 0.5) is 8.78 Å². The van der Waals surface area contributed by atoms with Crippen LogP contribution in [0, 0.1) is 11.6 Å². The number of benzene rings is 1. The van der Waals surface area contributed by atoms with Crippen molar-refractivity contribution in [3.63, 3.8) is 0 Å². The molecule has 0 spiro atoms. The average Bonchev–Trinajstić information content (AvgIpc) is 2.74. The van der Waals surface area contributed by atoms with Crippen molar-refractivity contribution < 1.29 is 13.5 Å². The van der Waals surface area contributed by atoms with Gasteiger partial charge in [-0.05, 0) is 12.1 Å². The van der Waals surface area contributed by atoms with Crippen LogP contribution >= 0.6 is 27.5 Å². The van der Waals surface area contributed by atoms with Gasteiger partial charge in [-0.1, -0.05) is 29.8 Å². The van der Waals surface area contributed by atoms with Gasteiger partial charge in [0.2, 0.25) is 5.82 Å². The lowest BCUT2D eigenvalue weighted by molar-refractivity contribution is 0.412. The summed E-state index contributed by atoms with van der Waals surface area (Å²) in [5.41, 5.74) is 0. The fourth-order valence-corrected chi connectivity index (χ4v) is 2.29. The summed E-state index contributed by atoms with van der Waals surface area (Å²) < 4.78 is 36.3. The van der Waals surface area contributed by atoms with Gasteiger partial charge in [0.05, 0.1) is 0 Å². The summed E-state index contributed by atoms with van der Waals surface area (Å²) in [4.78, 5) is 4.09. The number of hydrogen-bond acceptors (Lipinski definition) is 4. The molecule has 0 saturated heterocycles. The number of hydrogen-bond donors (Lipinski definition) is 0. The van der Waals surface area contributed by atoms with Gasteiger partial charge in [-0.3, -0.25) is 0 Å². The molecule has 0 fully saturated rings. The summed E-state index contributed by atoms with van der Waals surface area (Å²) in [6.07, 6.45) is 0. The molecule has 2 rings (SSSR count). The van der Waals surface area contributed by atoms with Crippen LogP contribution in [0.15, 0.2) is 16.6 Å². The first-order chi connectivity index (χ1) is 8.47. The van der Waals surface area contributed by atoms with Gasteiger partial charge in [-0.15, -0.1) is 0 Å². The Balaban J connectivity index is 2.28. The molecule has 0 amide bonds. The molecule has 0 radical (unpaired) electrons. The summed E-state index contributed by atoms with van der Waals surface area (Å²) in [6.45, 7) is 3.87. The van der Waals surface area contributed by atoms with Crippen LogP contribution in [-0.4, -0.2) is 9.36 Å². The molecular formula is C11H9BrF2N2OS. The van der Waals surface area contributed by atoms with Gasteiger partial charge in [-0.2, -0.15) is 13.7 Å². The van der Waals surface area contributed by atoms with Gasteiger partial charge in [0.25, 0.3) is 5.19 Å². The highest BCUT2D eigenvalue weighted by Crippen LogP contribution is 2.31. The normalized spacial score (nSPS) is 11.0. The van der Waals surface area contributed by atoms with Crippen LogP contribution in [0.25, 0.3) is 0 Å². The Hall–Kier alpha value is -1.08. The zero-order valence-electron chi connectivity index (χ0n) is 9.58. The Labute approximate surface area is 115 Å². The molecule has 0 N–H and O–H groups in total. The first-order valence-electron chi connectivity index (χ1n) is 5.13. The van der Waals surface area contributed by atoms with E-state index in [4.69, 9.17) is 4.74 Å². The van der Waals surface area contributed by atoms with Crippen molar-refractivity contribution in [2.45, 2.75) is 19.8 Å². The summed E-state index contributed by atoms with van der Waals surface area (Å²) in [7, 11) is 0. The molecule has 0 aliphatic rings. The Kier molecular flexibility index (Phi) is 3.91. The van der Waals surface area contributed by atoms with E-state index in [1.54, 1.807) is 0 Å². The van der Waals surface area contributed by atoms with E-state index in [1.165, 1.54) is 6.07 Å². The third kappa shape index (κ3) is 2.84. The first kappa shape index (κ1) is 13.4. The maximum absolute atomic E-state index is 13.5. The Morgan fingerprint density at radius 2 is 2.06 bits per heavy atom. The monoisotopic (exact) mass is 334 g/mol. The molecule has 0 unspecified atom stereocenters. The quantitative estimate of drug-likeness (QED) is 0.775. The molecule has 0 aliphatic heterocycles. The molecule has 3 nitrogen and oxygen atoms in total. The van der Waals surface area contributed by atoms with Gasteiger partial charge >= 0.3 is 0 Å². The second-order valence-electron chi connectivity index (χ2n) is 3.87. The molecule has 0 aliphatic carbocycles. The van der Waals surface area contributed by atoms with Crippen molar-refractivity contribution in [3.8, 4) is 10.9 Å². The average molecular weight is 335 g/mol. The highest BCUT2D eigenvalue weighted by Gasteiger charge is 2.15. The topological polar surface area (TPSA) is 35.0 Å². The molecular weight excluding hydrogens is 326 g/mol. The van der Waals surface area contributed by atoms with Gasteiger partial charge in [0.15, 0.2) is 11.6 Å². The lowest BCUT2D eigenvalue weighted by atomic mass is 10.2. The predicted molar refractivity (Wildman–Crippen MR) is 68.1 cm³/mol. The minimum Gasteiger partial charge on any atom is -0.427 e. The Bertz CT molecular complexity index is 574. The van der Waals surface area contributed by atoms with Crippen molar-refractivity contribution in [2.75, 3.05) is 0 Å². The third-order valence-electron chi connectivity index (χ3n) is 2.10. The maximum Gasteiger partial charge on any atom is 0.298 e. The van der Waals surface area contributed by atoms with Gasteiger partial charge < -0.3 is 4.74 Å². The molecule has 18 heavy (non-hydrogen) atoms. The molecule has 0 saturated carbocycles. The second kappa shape index (κ2) is 5.27. The van der Waals surface area contributed by atoms with Crippen molar-refractivity contribution in [3.05, 3.63) is 34.1 Å². The molecule has 7 heteroatoms. The summed E-state index contributed by atoms with van der Waals surface area (Å²) in [6, 6.07) is 2.37. The van der Waals surface area contributed by atoms with E-state index in [0.717, 1.165) is 17.6 Å². The van der Waals surface area contributed by atoms with Gasteiger partial charge in [0, 0.05) is 21.9 Å². The van der Waals surface area contributed by atoms with E-state index in [9.17, 15) is 8.78 Å². The van der Waals surface area contributed by atoms with Crippen LogP contribution in [0.5, 0.6) is 10.9 Å². The summed E-state index contributed by atoms with van der Waals surface area (Å²) >= 11 is 4.07. The lowest BCUT2D eigenvalue weighted by Crippen LogP contribution is -1.93. The Morgan fingerprint density at radius 3 is 2.67 bits per heavy atom. The predicted octanol–water partition coefficient (Wildman–Crippen LogP) is 4.49. The molecule has 96 valence electrons. The van der Waals surface area contributed by atoms with Crippen LogP contribution in [0.3, 0.4) is 0 Å². The van der Waals surface area contributed by atoms with E-state index >= 15 is 0 Å². The number of halogens is 3. The molecule has 1 aromatic heterocycles. The van der Waals surface area contributed by atoms with Gasteiger partial charge in [0.1, 0.15) is 5.82 Å². The van der Waals surface area contributed by atoms with E-state index in [-0.39, 0.29) is 16.9 Å². The largest absolute Gasteiger partial charge is 0.427 e. The van der Waals surface area contributed by atoms with Crippen molar-refractivity contribution >= 4 is 27.5 Å². The zero-order chi connectivity index (χ0) is 13.3. The number of rotatable bonds is 3. The van der Waals surface area contributed by atoms with E-state index < -0.39 is 11.6 Å². The highest BCUT2D eigenvalue weighted by atomic mass is 79.9. The molecule has 2 aromatic rings. The maximum atomic E-state index is 13.5. The molecule has 0 atom stereocenters. The molecule has 1 heterocycles. The SMILES string of the molecule is CC(C)c1nsc(Oc2cc(Br)cc(F)c2F)n1. The minimum absolute atomic E-state index is 0.155. The highest BCUT2D eigenvalue weighted by molar-refractivity contribution is 9.10. The van der Waals surface area contributed by atoms with E-state index in [0.29, 0.717) is 10.3 Å². The second-order valence-corrected chi connectivity index (χ2v) is 5.51. The standard InChI is InChI=1S/C11H9BrF2N2OS/c1-5(2)10-15-11(18-16-10)17-8-4-6(12)3-7(13)9(8)14/h3-5H,1-2H3. The fraction of sp³-hybridized carbons (Fsp3) is 0.273. The molecule has 1 aromatic carbocycles. The van der Waals surface area contributed by atoms with Crippen LogP contribution in [0.2, 0.25) is 0 Å². The first-order valence-corrected chi connectivity index (χ1v) is 6.70. The lowest BCUT2D eigenvalue weighted by Gasteiger charge is -2.04. The minimum atomic E-state index is -1.04. The fourth-order valence-electron chi connectivity index (χ4n) is 1.20. The van der Waals surface area contributed by atoms with Crippen LogP contribution < -0.4 is 4.74 Å². The summed E-state index contributed by atoms with van der Waals surface area (Å²) in [5.74, 6) is -1.46. The molecule has 0 bridgehead atoms. The van der Waals surface area contributed by atoms with Crippen molar-refractivity contribution in [1.82, 2.24) is 9.36 Å². The van der Waals surface area contributed by atoms with E-state index in [1.807, 2.05) is 13.8 Å². The summed E-state index contributed by atoms with van der Waals surface area (Å²) in [5, 5.41) is 0.190. The number of ether oxygens (including phenoxy) is 1. The third-order valence-corrected chi connectivity index (χ3v) is 3.16. The van der Waals surface area contributed by atoms with Gasteiger partial charge in [-0.25, -0.2) is 4.39 Å². The van der Waals surface area contributed by atoms with E-state index in [2.05, 4.69) is 25.3 Å². The zero-order valence-corrected chi connectivity index (χ0v) is 12.0. The van der Waals surface area contributed by atoms with Crippen molar-refractivity contribution in [2.24, 2.45) is 0 Å².